The summed E-state index contributed by atoms with van der Waals surface area (Å²) >= 11 is 0. The molecule has 2 rings (SSSR count). The van der Waals surface area contributed by atoms with Crippen molar-refractivity contribution < 1.29 is 19.2 Å². The van der Waals surface area contributed by atoms with Gasteiger partial charge in [0.05, 0.1) is 6.42 Å². The summed E-state index contributed by atoms with van der Waals surface area (Å²) in [6, 6.07) is 1.34. The van der Waals surface area contributed by atoms with Crippen molar-refractivity contribution >= 4 is 11.9 Å². The molecular formula is C12H16N2O4. The van der Waals surface area contributed by atoms with E-state index >= 15 is 0 Å². The number of aromatic nitrogens is 1. The number of amides is 1. The molecule has 0 bridgehead atoms. The van der Waals surface area contributed by atoms with E-state index in [2.05, 4.69) is 5.16 Å². The topological polar surface area (TPSA) is 83.6 Å². The second-order valence-corrected chi connectivity index (χ2v) is 4.57. The van der Waals surface area contributed by atoms with Crippen LogP contribution in [0.2, 0.25) is 0 Å². The van der Waals surface area contributed by atoms with Gasteiger partial charge in [-0.15, -0.1) is 0 Å². The van der Waals surface area contributed by atoms with Crippen LogP contribution in [0.25, 0.3) is 0 Å². The molecule has 0 spiro atoms. The Kier molecular flexibility index (Phi) is 3.64. The molecule has 1 N–H and O–H groups in total. The number of aliphatic carboxylic acids is 1. The molecule has 1 aromatic rings. The lowest BCUT2D eigenvalue weighted by atomic mass is 9.99. The first-order valence-electron chi connectivity index (χ1n) is 6.04. The summed E-state index contributed by atoms with van der Waals surface area (Å²) in [6.45, 7) is 2.30. The summed E-state index contributed by atoms with van der Waals surface area (Å²) in [7, 11) is 0. The van der Waals surface area contributed by atoms with Crippen molar-refractivity contribution in [2.75, 3.05) is 6.54 Å². The molecular weight excluding hydrogens is 236 g/mol. The van der Waals surface area contributed by atoms with Crippen LogP contribution in [0.4, 0.5) is 0 Å². The number of hydrogen-bond donors (Lipinski definition) is 1. The van der Waals surface area contributed by atoms with E-state index in [0.29, 0.717) is 12.3 Å². The predicted octanol–water partition coefficient (Wildman–Crippen LogP) is 1.45. The van der Waals surface area contributed by atoms with Crippen LogP contribution >= 0.6 is 0 Å². The first kappa shape index (κ1) is 12.6. The minimum atomic E-state index is -0.879. The maximum Gasteiger partial charge on any atom is 0.305 e. The van der Waals surface area contributed by atoms with Crippen LogP contribution in [-0.4, -0.2) is 39.6 Å². The molecule has 1 aliphatic heterocycles. The van der Waals surface area contributed by atoms with E-state index in [9.17, 15) is 9.59 Å². The molecule has 0 aliphatic carbocycles. The van der Waals surface area contributed by atoms with E-state index in [0.717, 1.165) is 19.3 Å². The van der Waals surface area contributed by atoms with Crippen LogP contribution in [0.1, 0.15) is 41.9 Å². The molecule has 18 heavy (non-hydrogen) atoms. The maximum absolute atomic E-state index is 12.2. The normalized spacial score (nSPS) is 19.8. The standard InChI is InChI=1S/C12H16N2O4/c1-8-6-10(13-18-8)12(17)14-5-3-2-4-9(14)7-11(15)16/h6,9H,2-5,7H2,1H3,(H,15,16). The Bertz CT molecular complexity index is 455. The molecule has 0 aromatic carbocycles. The zero-order chi connectivity index (χ0) is 13.1. The van der Waals surface area contributed by atoms with E-state index in [1.54, 1.807) is 17.9 Å². The summed E-state index contributed by atoms with van der Waals surface area (Å²) in [6.07, 6.45) is 2.58. The fourth-order valence-corrected chi connectivity index (χ4v) is 2.30. The lowest BCUT2D eigenvalue weighted by Gasteiger charge is -2.34. The third-order valence-electron chi connectivity index (χ3n) is 3.15. The van der Waals surface area contributed by atoms with Crippen LogP contribution in [0.3, 0.4) is 0 Å². The Morgan fingerprint density at radius 1 is 1.56 bits per heavy atom. The molecule has 1 saturated heterocycles. The number of hydrogen-bond acceptors (Lipinski definition) is 4. The van der Waals surface area contributed by atoms with Gasteiger partial charge in [-0.25, -0.2) is 0 Å². The third-order valence-corrected chi connectivity index (χ3v) is 3.15. The van der Waals surface area contributed by atoms with Crippen LogP contribution in [0, 0.1) is 6.92 Å². The van der Waals surface area contributed by atoms with Crippen molar-refractivity contribution in [3.8, 4) is 0 Å². The monoisotopic (exact) mass is 252 g/mol. The van der Waals surface area contributed by atoms with E-state index in [1.807, 2.05) is 0 Å². The van der Waals surface area contributed by atoms with E-state index in [-0.39, 0.29) is 24.1 Å². The van der Waals surface area contributed by atoms with Gasteiger partial charge < -0.3 is 14.5 Å². The maximum atomic E-state index is 12.2. The number of carboxylic acid groups (broad SMARTS) is 1. The van der Waals surface area contributed by atoms with Gasteiger partial charge in [0.15, 0.2) is 5.69 Å². The summed E-state index contributed by atoms with van der Waals surface area (Å²) in [5, 5.41) is 12.6. The number of rotatable bonds is 3. The van der Waals surface area contributed by atoms with E-state index < -0.39 is 5.97 Å². The van der Waals surface area contributed by atoms with Gasteiger partial charge in [0.25, 0.3) is 5.91 Å². The minimum Gasteiger partial charge on any atom is -0.481 e. The van der Waals surface area contributed by atoms with Gasteiger partial charge in [-0.1, -0.05) is 5.16 Å². The third kappa shape index (κ3) is 2.69. The average Bonchev–Trinajstić information content (AvgIpc) is 2.75. The molecule has 0 radical (unpaired) electrons. The zero-order valence-corrected chi connectivity index (χ0v) is 10.3. The predicted molar refractivity (Wildman–Crippen MR) is 62.2 cm³/mol. The number of likely N-dealkylation sites (tertiary alicyclic amines) is 1. The fourth-order valence-electron chi connectivity index (χ4n) is 2.30. The summed E-state index contributed by atoms with van der Waals surface area (Å²) < 4.78 is 4.88. The number of piperidine rings is 1. The molecule has 1 amide bonds. The largest absolute Gasteiger partial charge is 0.481 e. The fraction of sp³-hybridized carbons (Fsp3) is 0.583. The van der Waals surface area contributed by atoms with Crippen molar-refractivity contribution in [3.05, 3.63) is 17.5 Å². The Morgan fingerprint density at radius 2 is 2.33 bits per heavy atom. The molecule has 1 unspecified atom stereocenters. The number of carbonyl (C=O) groups is 2. The zero-order valence-electron chi connectivity index (χ0n) is 10.3. The Hall–Kier alpha value is -1.85. The molecule has 1 atom stereocenters. The van der Waals surface area contributed by atoms with Gasteiger partial charge in [0.1, 0.15) is 5.76 Å². The van der Waals surface area contributed by atoms with Gasteiger partial charge in [-0.3, -0.25) is 9.59 Å². The quantitative estimate of drug-likeness (QED) is 0.880. The SMILES string of the molecule is Cc1cc(C(=O)N2CCCCC2CC(=O)O)no1. The molecule has 1 aliphatic rings. The van der Waals surface area contributed by atoms with Crippen molar-refractivity contribution in [3.63, 3.8) is 0 Å². The van der Waals surface area contributed by atoms with Gasteiger partial charge in [0, 0.05) is 18.7 Å². The van der Waals surface area contributed by atoms with Crippen molar-refractivity contribution in [1.82, 2.24) is 10.1 Å². The molecule has 6 nitrogen and oxygen atoms in total. The van der Waals surface area contributed by atoms with Crippen LogP contribution in [-0.2, 0) is 4.79 Å². The highest BCUT2D eigenvalue weighted by Crippen LogP contribution is 2.22. The van der Waals surface area contributed by atoms with Crippen LogP contribution in [0.5, 0.6) is 0 Å². The highest BCUT2D eigenvalue weighted by atomic mass is 16.5. The van der Waals surface area contributed by atoms with Crippen molar-refractivity contribution in [2.24, 2.45) is 0 Å². The first-order valence-corrected chi connectivity index (χ1v) is 6.04. The van der Waals surface area contributed by atoms with Crippen molar-refractivity contribution in [2.45, 2.75) is 38.6 Å². The average molecular weight is 252 g/mol. The van der Waals surface area contributed by atoms with Crippen molar-refractivity contribution in [1.29, 1.82) is 0 Å². The highest BCUT2D eigenvalue weighted by molar-refractivity contribution is 5.92. The Balaban J connectivity index is 2.13. The Labute approximate surface area is 105 Å². The lowest BCUT2D eigenvalue weighted by Crippen LogP contribution is -2.44. The molecule has 2 heterocycles. The van der Waals surface area contributed by atoms with Gasteiger partial charge >= 0.3 is 5.97 Å². The minimum absolute atomic E-state index is 0.0113. The second kappa shape index (κ2) is 5.20. The summed E-state index contributed by atoms with van der Waals surface area (Å²) in [4.78, 5) is 24.6. The number of aryl methyl sites for hydroxylation is 1. The van der Waals surface area contributed by atoms with E-state index in [4.69, 9.17) is 9.63 Å². The number of carboxylic acids is 1. The molecule has 98 valence electrons. The molecule has 1 fully saturated rings. The molecule has 1 aromatic heterocycles. The Morgan fingerprint density at radius 3 is 2.94 bits per heavy atom. The first-order chi connectivity index (χ1) is 8.58. The highest BCUT2D eigenvalue weighted by Gasteiger charge is 2.30. The van der Waals surface area contributed by atoms with Gasteiger partial charge in [-0.05, 0) is 26.2 Å². The lowest BCUT2D eigenvalue weighted by molar-refractivity contribution is -0.138. The number of nitrogens with zero attached hydrogens (tertiary/aromatic N) is 2. The molecule has 0 saturated carbocycles. The van der Waals surface area contributed by atoms with Gasteiger partial charge in [0.2, 0.25) is 0 Å². The summed E-state index contributed by atoms with van der Waals surface area (Å²) in [5.41, 5.74) is 0.254. The second-order valence-electron chi connectivity index (χ2n) is 4.57. The van der Waals surface area contributed by atoms with Crippen LogP contribution < -0.4 is 0 Å². The number of carbonyl (C=O) groups excluding carboxylic acids is 1. The van der Waals surface area contributed by atoms with Gasteiger partial charge in [-0.2, -0.15) is 0 Å². The van der Waals surface area contributed by atoms with Crippen LogP contribution in [0.15, 0.2) is 10.6 Å². The summed E-state index contributed by atoms with van der Waals surface area (Å²) in [5.74, 6) is -0.543. The molecule has 6 heteroatoms. The van der Waals surface area contributed by atoms with E-state index in [1.165, 1.54) is 0 Å². The smallest absolute Gasteiger partial charge is 0.305 e.